The lowest BCUT2D eigenvalue weighted by Crippen LogP contribution is -2.37. The minimum atomic E-state index is -3.54. The Labute approximate surface area is 110 Å². The Morgan fingerprint density at radius 1 is 1.21 bits per heavy atom. The van der Waals surface area contributed by atoms with Gasteiger partial charge in [-0.05, 0) is 36.8 Å². The fraction of sp³-hybridized carbons (Fsp3) is 0.571. The van der Waals surface area contributed by atoms with E-state index < -0.39 is 6.29 Å². The molecule has 5 heteroatoms. The molecule has 1 aliphatic carbocycles. The Bertz CT molecular complexity index is 484. The van der Waals surface area contributed by atoms with Crippen molar-refractivity contribution >= 4 is 5.69 Å². The summed E-state index contributed by atoms with van der Waals surface area (Å²) in [4.78, 5) is 0. The van der Waals surface area contributed by atoms with Crippen molar-refractivity contribution in [2.24, 2.45) is 11.8 Å². The van der Waals surface area contributed by atoms with Gasteiger partial charge in [0.1, 0.15) is 0 Å². The summed E-state index contributed by atoms with van der Waals surface area (Å²) in [5.74, 6) is 1.64. The van der Waals surface area contributed by atoms with Crippen LogP contribution in [0.5, 0.6) is 11.5 Å². The Balaban J connectivity index is 1.62. The average Bonchev–Trinajstić information content (AvgIpc) is 2.55. The van der Waals surface area contributed by atoms with Crippen LogP contribution in [0.3, 0.4) is 0 Å². The van der Waals surface area contributed by atoms with Gasteiger partial charge in [0.25, 0.3) is 0 Å². The molecule has 1 fully saturated rings. The van der Waals surface area contributed by atoms with Crippen molar-refractivity contribution in [2.75, 3.05) is 5.32 Å². The molecule has 19 heavy (non-hydrogen) atoms. The van der Waals surface area contributed by atoms with Crippen molar-refractivity contribution in [3.05, 3.63) is 18.2 Å². The summed E-state index contributed by atoms with van der Waals surface area (Å²) in [6.07, 6.45) is -1.29. The fourth-order valence-electron chi connectivity index (χ4n) is 2.60. The molecule has 1 heterocycles. The first-order chi connectivity index (χ1) is 8.93. The maximum Gasteiger partial charge on any atom is 0.586 e. The zero-order valence-corrected chi connectivity index (χ0v) is 11.0. The molecular formula is C14H17F2NO2. The highest BCUT2D eigenvalue weighted by atomic mass is 19.3. The van der Waals surface area contributed by atoms with Crippen LogP contribution in [-0.2, 0) is 0 Å². The summed E-state index contributed by atoms with van der Waals surface area (Å²) in [5.41, 5.74) is 0.798. The van der Waals surface area contributed by atoms with Gasteiger partial charge < -0.3 is 14.8 Å². The summed E-state index contributed by atoms with van der Waals surface area (Å²) in [6.45, 7) is 4.45. The monoisotopic (exact) mass is 269 g/mol. The van der Waals surface area contributed by atoms with Crippen LogP contribution in [0, 0.1) is 11.8 Å². The molecule has 3 rings (SSSR count). The second-order valence-electron chi connectivity index (χ2n) is 5.65. The topological polar surface area (TPSA) is 30.5 Å². The van der Waals surface area contributed by atoms with E-state index in [-0.39, 0.29) is 11.5 Å². The predicted molar refractivity (Wildman–Crippen MR) is 67.6 cm³/mol. The number of fused-ring (bicyclic) bond motifs is 1. The molecule has 0 saturated heterocycles. The van der Waals surface area contributed by atoms with E-state index in [1.165, 1.54) is 6.07 Å². The summed E-state index contributed by atoms with van der Waals surface area (Å²) in [7, 11) is 0. The molecule has 0 spiro atoms. The van der Waals surface area contributed by atoms with E-state index in [1.807, 2.05) is 0 Å². The minimum absolute atomic E-state index is 0.0872. The third-order valence-electron chi connectivity index (χ3n) is 3.89. The van der Waals surface area contributed by atoms with Crippen molar-refractivity contribution in [3.63, 3.8) is 0 Å². The van der Waals surface area contributed by atoms with Gasteiger partial charge in [-0.1, -0.05) is 13.8 Å². The third-order valence-corrected chi connectivity index (χ3v) is 3.89. The van der Waals surface area contributed by atoms with E-state index in [4.69, 9.17) is 0 Å². The molecule has 1 aromatic rings. The summed E-state index contributed by atoms with van der Waals surface area (Å²) in [5, 5.41) is 3.34. The predicted octanol–water partition coefficient (Wildman–Crippen LogP) is 3.85. The minimum Gasteiger partial charge on any atom is -0.395 e. The normalized spacial score (nSPS) is 27.2. The highest BCUT2D eigenvalue weighted by Crippen LogP contribution is 2.43. The van der Waals surface area contributed by atoms with E-state index in [0.717, 1.165) is 24.4 Å². The molecule has 104 valence electrons. The number of nitrogens with one attached hydrogen (secondary N) is 1. The maximum atomic E-state index is 12.9. The van der Waals surface area contributed by atoms with Gasteiger partial charge >= 0.3 is 6.29 Å². The lowest BCUT2D eigenvalue weighted by atomic mass is 9.73. The van der Waals surface area contributed by atoms with E-state index in [0.29, 0.717) is 12.0 Å². The first-order valence-corrected chi connectivity index (χ1v) is 6.59. The number of hydrogen-bond acceptors (Lipinski definition) is 3. The van der Waals surface area contributed by atoms with Crippen molar-refractivity contribution < 1.29 is 18.3 Å². The maximum absolute atomic E-state index is 12.9. The van der Waals surface area contributed by atoms with E-state index in [9.17, 15) is 8.78 Å². The van der Waals surface area contributed by atoms with Crippen LogP contribution in [0.2, 0.25) is 0 Å². The fourth-order valence-corrected chi connectivity index (χ4v) is 2.60. The molecule has 1 saturated carbocycles. The van der Waals surface area contributed by atoms with Crippen LogP contribution >= 0.6 is 0 Å². The van der Waals surface area contributed by atoms with Crippen LogP contribution in [0.15, 0.2) is 18.2 Å². The Morgan fingerprint density at radius 2 is 1.89 bits per heavy atom. The van der Waals surface area contributed by atoms with Gasteiger partial charge in [-0.3, -0.25) is 0 Å². The zero-order valence-electron chi connectivity index (χ0n) is 11.0. The number of halogens is 2. The summed E-state index contributed by atoms with van der Waals surface area (Å²) in [6, 6.07) is 5.25. The number of hydrogen-bond donors (Lipinski definition) is 1. The molecule has 0 unspecified atom stereocenters. The summed E-state index contributed by atoms with van der Waals surface area (Å²) < 4.78 is 34.6. The molecular weight excluding hydrogens is 252 g/mol. The molecule has 0 radical (unpaired) electrons. The smallest absolute Gasteiger partial charge is 0.395 e. The second-order valence-corrected chi connectivity index (χ2v) is 5.65. The summed E-state index contributed by atoms with van der Waals surface area (Å²) >= 11 is 0. The largest absolute Gasteiger partial charge is 0.586 e. The number of anilines is 1. The van der Waals surface area contributed by atoms with Gasteiger partial charge in [0.05, 0.1) is 0 Å². The van der Waals surface area contributed by atoms with Gasteiger partial charge in [0.2, 0.25) is 0 Å². The molecule has 1 aromatic carbocycles. The Kier molecular flexibility index (Phi) is 2.80. The standard InChI is InChI=1S/C14H17F2NO2/c1-8(2)9-5-11(6-9)17-10-3-4-12-13(7-10)19-14(15,16)18-12/h3-4,7-9,11,17H,5-6H2,1-2H3. The zero-order chi connectivity index (χ0) is 13.6. The second kappa shape index (κ2) is 4.25. The SMILES string of the molecule is CC(C)C1CC(Nc2ccc3c(c2)OC(F)(F)O3)C1. The van der Waals surface area contributed by atoms with Gasteiger partial charge in [-0.2, -0.15) is 0 Å². The van der Waals surface area contributed by atoms with Crippen LogP contribution in [0.4, 0.5) is 14.5 Å². The van der Waals surface area contributed by atoms with Gasteiger partial charge in [-0.15, -0.1) is 8.78 Å². The van der Waals surface area contributed by atoms with Gasteiger partial charge in [0, 0.05) is 17.8 Å². The van der Waals surface area contributed by atoms with Crippen molar-refractivity contribution in [1.82, 2.24) is 0 Å². The number of rotatable bonds is 3. The average molecular weight is 269 g/mol. The van der Waals surface area contributed by atoms with Gasteiger partial charge in [0.15, 0.2) is 11.5 Å². The molecule has 1 aliphatic heterocycles. The Morgan fingerprint density at radius 3 is 2.58 bits per heavy atom. The highest BCUT2D eigenvalue weighted by molar-refractivity contribution is 5.56. The van der Waals surface area contributed by atoms with Crippen LogP contribution in [-0.4, -0.2) is 12.3 Å². The highest BCUT2D eigenvalue weighted by Gasteiger charge is 2.43. The number of benzene rings is 1. The van der Waals surface area contributed by atoms with E-state index in [2.05, 4.69) is 28.6 Å². The molecule has 0 atom stereocenters. The molecule has 0 amide bonds. The quantitative estimate of drug-likeness (QED) is 0.904. The van der Waals surface area contributed by atoms with E-state index >= 15 is 0 Å². The lowest BCUT2D eigenvalue weighted by Gasteiger charge is -2.39. The van der Waals surface area contributed by atoms with Crippen molar-refractivity contribution in [3.8, 4) is 11.5 Å². The first-order valence-electron chi connectivity index (χ1n) is 6.59. The van der Waals surface area contributed by atoms with Crippen molar-refractivity contribution in [1.29, 1.82) is 0 Å². The van der Waals surface area contributed by atoms with E-state index in [1.54, 1.807) is 12.1 Å². The number of ether oxygens (including phenoxy) is 2. The molecule has 3 nitrogen and oxygen atoms in total. The van der Waals surface area contributed by atoms with Gasteiger partial charge in [-0.25, -0.2) is 0 Å². The van der Waals surface area contributed by atoms with Crippen molar-refractivity contribution in [2.45, 2.75) is 39.0 Å². The lowest BCUT2D eigenvalue weighted by molar-refractivity contribution is -0.286. The van der Waals surface area contributed by atoms with Crippen LogP contribution in [0.1, 0.15) is 26.7 Å². The first kappa shape index (κ1) is 12.5. The molecule has 0 aromatic heterocycles. The Hall–Kier alpha value is -1.52. The number of alkyl halides is 2. The third kappa shape index (κ3) is 2.46. The van der Waals surface area contributed by atoms with Crippen LogP contribution < -0.4 is 14.8 Å². The van der Waals surface area contributed by atoms with Crippen LogP contribution in [0.25, 0.3) is 0 Å². The molecule has 1 N–H and O–H groups in total. The molecule has 2 aliphatic rings. The molecule has 0 bridgehead atoms.